The summed E-state index contributed by atoms with van der Waals surface area (Å²) in [5.41, 5.74) is 7.33. The molecule has 1 heterocycles. The summed E-state index contributed by atoms with van der Waals surface area (Å²) in [7, 11) is 0. The number of aromatic nitrogens is 1. The molecule has 0 fully saturated rings. The van der Waals surface area contributed by atoms with Gasteiger partial charge in [-0.15, -0.1) is 0 Å². The van der Waals surface area contributed by atoms with Crippen molar-refractivity contribution >= 4 is 0 Å². The van der Waals surface area contributed by atoms with Crippen LogP contribution in [-0.2, 0) is 11.3 Å². The van der Waals surface area contributed by atoms with Crippen molar-refractivity contribution in [1.82, 2.24) is 4.98 Å². The fraction of sp³-hybridized carbons (Fsp3) is 0.300. The summed E-state index contributed by atoms with van der Waals surface area (Å²) >= 11 is 0. The molecule has 0 aliphatic heterocycles. The first-order valence-electron chi connectivity index (χ1n) is 4.21. The van der Waals surface area contributed by atoms with E-state index in [4.69, 9.17) is 10.5 Å². The Morgan fingerprint density at radius 3 is 3.00 bits per heavy atom. The molecule has 1 aromatic heterocycles. The van der Waals surface area contributed by atoms with E-state index < -0.39 is 0 Å². The van der Waals surface area contributed by atoms with E-state index in [1.54, 1.807) is 12.3 Å². The number of rotatable bonds is 4. The van der Waals surface area contributed by atoms with Crippen LogP contribution < -0.4 is 5.73 Å². The Kier molecular flexibility index (Phi) is 3.99. The van der Waals surface area contributed by atoms with Gasteiger partial charge in [-0.25, -0.2) is 0 Å². The minimum absolute atomic E-state index is 0.506. The van der Waals surface area contributed by atoms with Crippen LogP contribution in [0.4, 0.5) is 0 Å². The SMILES string of the molecule is Cc1ccc(COC=CCN)cn1. The topological polar surface area (TPSA) is 48.1 Å². The van der Waals surface area contributed by atoms with Gasteiger partial charge < -0.3 is 10.5 Å². The molecule has 70 valence electrons. The molecular weight excluding hydrogens is 164 g/mol. The lowest BCUT2D eigenvalue weighted by Crippen LogP contribution is -1.94. The van der Waals surface area contributed by atoms with Crippen molar-refractivity contribution in [3.63, 3.8) is 0 Å². The third-order valence-corrected chi connectivity index (χ3v) is 1.55. The summed E-state index contributed by atoms with van der Waals surface area (Å²) in [5.74, 6) is 0. The Labute approximate surface area is 78.2 Å². The zero-order valence-electron chi connectivity index (χ0n) is 7.73. The number of ether oxygens (including phenoxy) is 1. The number of nitrogens with two attached hydrogens (primary N) is 1. The van der Waals surface area contributed by atoms with Crippen molar-refractivity contribution in [3.8, 4) is 0 Å². The minimum Gasteiger partial charge on any atom is -0.497 e. The second-order valence-corrected chi connectivity index (χ2v) is 2.73. The van der Waals surface area contributed by atoms with E-state index in [-0.39, 0.29) is 0 Å². The molecule has 0 spiro atoms. The van der Waals surface area contributed by atoms with Crippen LogP contribution in [0.1, 0.15) is 11.3 Å². The first-order chi connectivity index (χ1) is 6.33. The maximum atomic E-state index is 5.25. The fourth-order valence-electron chi connectivity index (χ4n) is 0.852. The van der Waals surface area contributed by atoms with Crippen LogP contribution in [0.2, 0.25) is 0 Å². The summed E-state index contributed by atoms with van der Waals surface area (Å²) in [5, 5.41) is 0. The van der Waals surface area contributed by atoms with E-state index in [0.717, 1.165) is 11.3 Å². The van der Waals surface area contributed by atoms with E-state index in [1.807, 2.05) is 25.3 Å². The van der Waals surface area contributed by atoms with Crippen LogP contribution in [0.15, 0.2) is 30.7 Å². The Morgan fingerprint density at radius 1 is 1.54 bits per heavy atom. The zero-order valence-corrected chi connectivity index (χ0v) is 7.73. The highest BCUT2D eigenvalue weighted by Crippen LogP contribution is 2.00. The highest BCUT2D eigenvalue weighted by Gasteiger charge is 1.90. The molecule has 0 atom stereocenters. The molecule has 13 heavy (non-hydrogen) atoms. The predicted octanol–water partition coefficient (Wildman–Crippen LogP) is 1.38. The molecule has 1 aromatic rings. The van der Waals surface area contributed by atoms with Gasteiger partial charge >= 0.3 is 0 Å². The van der Waals surface area contributed by atoms with Crippen molar-refractivity contribution in [2.75, 3.05) is 6.54 Å². The summed E-state index contributed by atoms with van der Waals surface area (Å²) in [4.78, 5) is 4.15. The number of nitrogens with zero attached hydrogens (tertiary/aromatic N) is 1. The van der Waals surface area contributed by atoms with Gasteiger partial charge in [-0.3, -0.25) is 4.98 Å². The summed E-state index contributed by atoms with van der Waals surface area (Å²) in [6, 6.07) is 3.96. The lowest BCUT2D eigenvalue weighted by atomic mass is 10.3. The molecule has 0 saturated heterocycles. The average Bonchev–Trinajstić information content (AvgIpc) is 2.15. The summed E-state index contributed by atoms with van der Waals surface area (Å²) in [6.07, 6.45) is 5.19. The Balaban J connectivity index is 2.37. The zero-order chi connectivity index (χ0) is 9.52. The van der Waals surface area contributed by atoms with Gasteiger partial charge in [0.1, 0.15) is 6.61 Å². The molecule has 3 nitrogen and oxygen atoms in total. The van der Waals surface area contributed by atoms with Gasteiger partial charge in [0, 0.05) is 24.0 Å². The number of aryl methyl sites for hydroxylation is 1. The monoisotopic (exact) mass is 178 g/mol. The smallest absolute Gasteiger partial charge is 0.114 e. The summed E-state index contributed by atoms with van der Waals surface area (Å²) < 4.78 is 5.20. The first kappa shape index (κ1) is 9.74. The first-order valence-corrected chi connectivity index (χ1v) is 4.21. The fourth-order valence-corrected chi connectivity index (χ4v) is 0.852. The van der Waals surface area contributed by atoms with Gasteiger partial charge in [-0.05, 0) is 19.1 Å². The van der Waals surface area contributed by atoms with Gasteiger partial charge in [0.05, 0.1) is 6.26 Å². The maximum Gasteiger partial charge on any atom is 0.114 e. The molecule has 0 radical (unpaired) electrons. The number of hydrogen-bond acceptors (Lipinski definition) is 3. The van der Waals surface area contributed by atoms with E-state index in [2.05, 4.69) is 4.98 Å². The quantitative estimate of drug-likeness (QED) is 0.708. The third-order valence-electron chi connectivity index (χ3n) is 1.55. The molecule has 2 N–H and O–H groups in total. The van der Waals surface area contributed by atoms with Crippen molar-refractivity contribution in [1.29, 1.82) is 0 Å². The molecule has 0 amide bonds. The molecular formula is C10H14N2O. The van der Waals surface area contributed by atoms with Crippen LogP contribution in [-0.4, -0.2) is 11.5 Å². The molecule has 0 aliphatic rings. The average molecular weight is 178 g/mol. The lowest BCUT2D eigenvalue weighted by Gasteiger charge is -2.00. The number of pyridine rings is 1. The molecule has 0 aromatic carbocycles. The molecule has 1 rings (SSSR count). The Morgan fingerprint density at radius 2 is 2.38 bits per heavy atom. The Hall–Kier alpha value is -1.35. The molecule has 0 unspecified atom stereocenters. The molecule has 0 saturated carbocycles. The van der Waals surface area contributed by atoms with Gasteiger partial charge in [-0.1, -0.05) is 6.07 Å². The van der Waals surface area contributed by atoms with Crippen molar-refractivity contribution in [2.24, 2.45) is 5.73 Å². The highest BCUT2D eigenvalue weighted by molar-refractivity contribution is 5.12. The van der Waals surface area contributed by atoms with Crippen LogP contribution in [0.3, 0.4) is 0 Å². The molecule has 3 heteroatoms. The second kappa shape index (κ2) is 5.32. The third kappa shape index (κ3) is 3.71. The van der Waals surface area contributed by atoms with Gasteiger partial charge in [-0.2, -0.15) is 0 Å². The van der Waals surface area contributed by atoms with E-state index >= 15 is 0 Å². The van der Waals surface area contributed by atoms with Crippen molar-refractivity contribution < 1.29 is 4.74 Å². The minimum atomic E-state index is 0.506. The van der Waals surface area contributed by atoms with Crippen molar-refractivity contribution in [3.05, 3.63) is 41.9 Å². The van der Waals surface area contributed by atoms with E-state index in [9.17, 15) is 0 Å². The van der Waals surface area contributed by atoms with Gasteiger partial charge in [0.2, 0.25) is 0 Å². The number of hydrogen-bond donors (Lipinski definition) is 1. The van der Waals surface area contributed by atoms with E-state index in [1.165, 1.54) is 0 Å². The van der Waals surface area contributed by atoms with Gasteiger partial charge in [0.25, 0.3) is 0 Å². The maximum absolute atomic E-state index is 5.25. The standard InChI is InChI=1S/C10H14N2O/c1-9-3-4-10(7-12-9)8-13-6-2-5-11/h2-4,6-7H,5,8,11H2,1H3. The highest BCUT2D eigenvalue weighted by atomic mass is 16.5. The molecule has 0 bridgehead atoms. The van der Waals surface area contributed by atoms with Crippen molar-refractivity contribution in [2.45, 2.75) is 13.5 Å². The van der Waals surface area contributed by atoms with Gasteiger partial charge in [0.15, 0.2) is 0 Å². The lowest BCUT2D eigenvalue weighted by molar-refractivity contribution is 0.235. The van der Waals surface area contributed by atoms with Crippen LogP contribution in [0.25, 0.3) is 0 Å². The normalized spacial score (nSPS) is 10.6. The van der Waals surface area contributed by atoms with E-state index in [0.29, 0.717) is 13.2 Å². The second-order valence-electron chi connectivity index (χ2n) is 2.73. The largest absolute Gasteiger partial charge is 0.497 e. The molecule has 0 aliphatic carbocycles. The Bertz CT molecular complexity index is 267. The van der Waals surface area contributed by atoms with Crippen LogP contribution in [0, 0.1) is 6.92 Å². The summed E-state index contributed by atoms with van der Waals surface area (Å²) in [6.45, 7) is 3.01. The van der Waals surface area contributed by atoms with Crippen LogP contribution >= 0.6 is 0 Å². The van der Waals surface area contributed by atoms with Crippen LogP contribution in [0.5, 0.6) is 0 Å². The predicted molar refractivity (Wildman–Crippen MR) is 52.0 cm³/mol.